The van der Waals surface area contributed by atoms with Crippen LogP contribution in [0.1, 0.15) is 18.4 Å². The van der Waals surface area contributed by atoms with Crippen molar-refractivity contribution in [2.45, 2.75) is 25.4 Å². The third-order valence-electron chi connectivity index (χ3n) is 4.30. The van der Waals surface area contributed by atoms with Gasteiger partial charge < -0.3 is 9.64 Å². The van der Waals surface area contributed by atoms with Crippen LogP contribution in [-0.2, 0) is 20.8 Å². The molecule has 0 N–H and O–H groups in total. The Morgan fingerprint density at radius 2 is 2.13 bits per heavy atom. The number of halogens is 1. The fourth-order valence-corrected chi connectivity index (χ4v) is 3.25. The summed E-state index contributed by atoms with van der Waals surface area (Å²) in [5.41, 5.74) is 1.07. The lowest BCUT2D eigenvalue weighted by Crippen LogP contribution is -2.47. The maximum Gasteiger partial charge on any atom is 0.224 e. The molecule has 0 saturated carbocycles. The molecule has 0 unspecified atom stereocenters. The van der Waals surface area contributed by atoms with Gasteiger partial charge in [0.25, 0.3) is 0 Å². The number of carbonyl (C=O) groups is 1. The molecule has 2 fully saturated rings. The average molecular weight is 339 g/mol. The van der Waals surface area contributed by atoms with Crippen molar-refractivity contribution in [1.29, 1.82) is 0 Å². The van der Waals surface area contributed by atoms with Crippen LogP contribution < -0.4 is 0 Å². The fourth-order valence-electron chi connectivity index (χ4n) is 3.03. The Balaban J connectivity index is 1.49. The lowest BCUT2D eigenvalue weighted by atomic mass is 10.1. The van der Waals surface area contributed by atoms with Crippen LogP contribution >= 0.6 is 11.6 Å². The van der Waals surface area contributed by atoms with E-state index in [2.05, 4.69) is 0 Å². The molecule has 6 heteroatoms. The van der Waals surface area contributed by atoms with E-state index in [-0.39, 0.29) is 12.0 Å². The van der Waals surface area contributed by atoms with Gasteiger partial charge in [0.1, 0.15) is 0 Å². The van der Waals surface area contributed by atoms with Crippen LogP contribution in [0.2, 0.25) is 5.02 Å². The molecule has 3 rings (SSSR count). The lowest BCUT2D eigenvalue weighted by Gasteiger charge is -2.33. The summed E-state index contributed by atoms with van der Waals surface area (Å²) in [5.74, 6) is 0.174. The number of hydrogen-bond donors (Lipinski definition) is 0. The first-order chi connectivity index (χ1) is 11.2. The molecule has 0 radical (unpaired) electrons. The minimum Gasteiger partial charge on any atom is -0.374 e. The molecule has 0 spiro atoms. The van der Waals surface area contributed by atoms with Crippen molar-refractivity contribution in [3.63, 3.8) is 0 Å². The summed E-state index contributed by atoms with van der Waals surface area (Å²) >= 11 is 6.21. The molecule has 0 aromatic heterocycles. The maximum atomic E-state index is 12.4. The van der Waals surface area contributed by atoms with Gasteiger partial charge in [-0.25, -0.2) is 0 Å². The number of morpholine rings is 1. The number of benzene rings is 1. The van der Waals surface area contributed by atoms with Crippen molar-refractivity contribution >= 4 is 17.5 Å². The second-order valence-electron chi connectivity index (χ2n) is 5.99. The van der Waals surface area contributed by atoms with Gasteiger partial charge in [-0.05, 0) is 18.1 Å². The summed E-state index contributed by atoms with van der Waals surface area (Å²) in [6.45, 7) is 4.24. The largest absolute Gasteiger partial charge is 0.374 e. The number of ether oxygens (including phenoxy) is 1. The molecule has 1 aromatic carbocycles. The van der Waals surface area contributed by atoms with E-state index in [1.54, 1.807) is 0 Å². The van der Waals surface area contributed by atoms with E-state index in [0.29, 0.717) is 32.7 Å². The number of hydroxylamine groups is 2. The van der Waals surface area contributed by atoms with Crippen molar-refractivity contribution in [3.05, 3.63) is 34.9 Å². The molecule has 0 bridgehead atoms. The quantitative estimate of drug-likeness (QED) is 0.825. The summed E-state index contributed by atoms with van der Waals surface area (Å²) in [6, 6.07) is 7.79. The molecule has 1 aromatic rings. The van der Waals surface area contributed by atoms with Gasteiger partial charge in [-0.3, -0.25) is 9.63 Å². The molecule has 126 valence electrons. The summed E-state index contributed by atoms with van der Waals surface area (Å²) in [4.78, 5) is 19.7. The molecule has 2 aliphatic heterocycles. The van der Waals surface area contributed by atoms with Crippen molar-refractivity contribution in [1.82, 2.24) is 9.96 Å². The SMILES string of the molecule is O=C(CCN1CCCO1)N1CCO[C@H](Cc2ccccc2Cl)C1. The van der Waals surface area contributed by atoms with Gasteiger partial charge in [-0.15, -0.1) is 0 Å². The highest BCUT2D eigenvalue weighted by molar-refractivity contribution is 6.31. The van der Waals surface area contributed by atoms with Crippen molar-refractivity contribution in [3.8, 4) is 0 Å². The Morgan fingerprint density at radius 3 is 2.91 bits per heavy atom. The van der Waals surface area contributed by atoms with Crippen LogP contribution in [0.4, 0.5) is 0 Å². The highest BCUT2D eigenvalue weighted by Crippen LogP contribution is 2.19. The van der Waals surface area contributed by atoms with Crippen molar-refractivity contribution in [2.24, 2.45) is 0 Å². The summed E-state index contributed by atoms with van der Waals surface area (Å²) < 4.78 is 5.81. The second-order valence-corrected chi connectivity index (χ2v) is 6.40. The van der Waals surface area contributed by atoms with Crippen LogP contribution in [0, 0.1) is 0 Å². The first-order valence-corrected chi connectivity index (χ1v) is 8.61. The predicted octanol–water partition coefficient (Wildman–Crippen LogP) is 2.14. The summed E-state index contributed by atoms with van der Waals surface area (Å²) in [7, 11) is 0. The Morgan fingerprint density at radius 1 is 1.26 bits per heavy atom. The zero-order valence-electron chi connectivity index (χ0n) is 13.2. The van der Waals surface area contributed by atoms with Crippen LogP contribution in [0.15, 0.2) is 24.3 Å². The molecule has 1 atom stereocenters. The van der Waals surface area contributed by atoms with Crippen molar-refractivity contribution in [2.75, 3.05) is 39.4 Å². The summed E-state index contributed by atoms with van der Waals surface area (Å²) in [6.07, 6.45) is 2.29. The number of carbonyl (C=O) groups excluding carboxylic acids is 1. The topological polar surface area (TPSA) is 42.0 Å². The van der Waals surface area contributed by atoms with Crippen LogP contribution in [0.5, 0.6) is 0 Å². The number of rotatable bonds is 5. The van der Waals surface area contributed by atoms with E-state index in [9.17, 15) is 4.79 Å². The van der Waals surface area contributed by atoms with Crippen molar-refractivity contribution < 1.29 is 14.4 Å². The molecular formula is C17H23ClN2O3. The van der Waals surface area contributed by atoms with Gasteiger partial charge in [0.2, 0.25) is 5.91 Å². The van der Waals surface area contributed by atoms with E-state index >= 15 is 0 Å². The molecule has 5 nitrogen and oxygen atoms in total. The van der Waals surface area contributed by atoms with E-state index in [0.717, 1.165) is 36.6 Å². The Hall–Kier alpha value is -1.14. The molecule has 2 saturated heterocycles. The molecular weight excluding hydrogens is 316 g/mol. The van der Waals surface area contributed by atoms with Gasteiger partial charge >= 0.3 is 0 Å². The first-order valence-electron chi connectivity index (χ1n) is 8.23. The normalized spacial score (nSPS) is 22.5. The molecule has 1 amide bonds. The molecule has 23 heavy (non-hydrogen) atoms. The Labute approximate surface area is 142 Å². The Kier molecular flexibility index (Phi) is 5.89. The smallest absolute Gasteiger partial charge is 0.224 e. The Bertz CT molecular complexity index is 534. The third-order valence-corrected chi connectivity index (χ3v) is 4.67. The minimum absolute atomic E-state index is 0.00985. The third kappa shape index (κ3) is 4.67. The van der Waals surface area contributed by atoms with Gasteiger partial charge in [-0.1, -0.05) is 29.8 Å². The number of amides is 1. The van der Waals surface area contributed by atoms with Crippen LogP contribution in [-0.4, -0.2) is 61.4 Å². The van der Waals surface area contributed by atoms with Gasteiger partial charge in [0.15, 0.2) is 0 Å². The van der Waals surface area contributed by atoms with Gasteiger partial charge in [0.05, 0.1) is 19.3 Å². The number of nitrogens with zero attached hydrogens (tertiary/aromatic N) is 2. The van der Waals surface area contributed by atoms with Crippen LogP contribution in [0.25, 0.3) is 0 Å². The number of hydrogen-bond acceptors (Lipinski definition) is 4. The fraction of sp³-hybridized carbons (Fsp3) is 0.588. The molecule has 2 heterocycles. The zero-order valence-corrected chi connectivity index (χ0v) is 14.0. The summed E-state index contributed by atoms with van der Waals surface area (Å²) in [5, 5.41) is 2.64. The van der Waals surface area contributed by atoms with E-state index in [4.69, 9.17) is 21.2 Å². The predicted molar refractivity (Wildman–Crippen MR) is 88.2 cm³/mol. The van der Waals surface area contributed by atoms with Crippen LogP contribution in [0.3, 0.4) is 0 Å². The first kappa shape index (κ1) is 16.7. The zero-order chi connectivity index (χ0) is 16.1. The lowest BCUT2D eigenvalue weighted by molar-refractivity contribution is -0.145. The second kappa shape index (κ2) is 8.11. The van der Waals surface area contributed by atoms with E-state index in [1.165, 1.54) is 0 Å². The van der Waals surface area contributed by atoms with E-state index in [1.807, 2.05) is 34.2 Å². The standard InChI is InChI=1S/C17H23ClN2O3/c18-16-5-2-1-4-14(16)12-15-13-19(9-11-22-15)17(21)6-8-20-7-3-10-23-20/h1-2,4-5,15H,3,6-13H2/t15-/m1/s1. The van der Waals surface area contributed by atoms with E-state index < -0.39 is 0 Å². The average Bonchev–Trinajstić information content (AvgIpc) is 3.08. The van der Waals surface area contributed by atoms with Gasteiger partial charge in [-0.2, -0.15) is 5.06 Å². The molecule has 0 aliphatic carbocycles. The van der Waals surface area contributed by atoms with Gasteiger partial charge in [0, 0.05) is 44.0 Å². The highest BCUT2D eigenvalue weighted by atomic mass is 35.5. The maximum absolute atomic E-state index is 12.4. The monoisotopic (exact) mass is 338 g/mol. The minimum atomic E-state index is 0.00985. The molecule has 2 aliphatic rings. The highest BCUT2D eigenvalue weighted by Gasteiger charge is 2.25.